The number of carbonyl (C=O) groups excluding carboxylic acids is 2. The first-order chi connectivity index (χ1) is 7.56. The fourth-order valence-corrected chi connectivity index (χ4v) is 3.50. The van der Waals surface area contributed by atoms with E-state index in [2.05, 4.69) is 22.5 Å². The van der Waals surface area contributed by atoms with Crippen molar-refractivity contribution in [2.75, 3.05) is 0 Å². The molecular weight excluding hydrogens is 268 g/mol. The standard InChI is InChI=1S/C13H15BrO2/c1-9(14)8-13-7-3-5-11(15)10(13)4-2-6-12(13)16/h3,5,10H,1-2,4,6-8H2/t10-,13-/m1/s1. The van der Waals surface area contributed by atoms with E-state index in [-0.39, 0.29) is 17.5 Å². The third kappa shape index (κ3) is 1.81. The van der Waals surface area contributed by atoms with Crippen LogP contribution < -0.4 is 0 Å². The molecule has 0 radical (unpaired) electrons. The van der Waals surface area contributed by atoms with E-state index in [1.54, 1.807) is 6.08 Å². The highest BCUT2D eigenvalue weighted by molar-refractivity contribution is 9.11. The van der Waals surface area contributed by atoms with E-state index in [0.717, 1.165) is 17.3 Å². The monoisotopic (exact) mass is 282 g/mol. The number of hydrogen-bond acceptors (Lipinski definition) is 2. The van der Waals surface area contributed by atoms with Crippen LogP contribution in [0.15, 0.2) is 23.2 Å². The summed E-state index contributed by atoms with van der Waals surface area (Å²) in [6.45, 7) is 3.82. The van der Waals surface area contributed by atoms with Crippen LogP contribution in [-0.2, 0) is 9.59 Å². The summed E-state index contributed by atoms with van der Waals surface area (Å²) in [4.78, 5) is 24.1. The zero-order valence-electron chi connectivity index (χ0n) is 9.17. The number of fused-ring (bicyclic) bond motifs is 1. The van der Waals surface area contributed by atoms with Gasteiger partial charge in [-0.1, -0.05) is 28.6 Å². The van der Waals surface area contributed by atoms with Gasteiger partial charge in [0.1, 0.15) is 5.78 Å². The minimum absolute atomic E-state index is 0.118. The molecule has 2 aliphatic rings. The second-order valence-electron chi connectivity index (χ2n) is 4.73. The number of rotatable bonds is 2. The summed E-state index contributed by atoms with van der Waals surface area (Å²) < 4.78 is 0.816. The molecule has 2 atom stereocenters. The molecule has 0 aromatic heterocycles. The number of ketones is 2. The maximum Gasteiger partial charge on any atom is 0.159 e. The molecule has 2 nitrogen and oxygen atoms in total. The van der Waals surface area contributed by atoms with Crippen LogP contribution in [0.4, 0.5) is 0 Å². The first-order valence-electron chi connectivity index (χ1n) is 5.63. The van der Waals surface area contributed by atoms with Crippen LogP contribution in [0.3, 0.4) is 0 Å². The largest absolute Gasteiger partial charge is 0.299 e. The Labute approximate surface area is 104 Å². The van der Waals surface area contributed by atoms with Crippen LogP contribution in [0.2, 0.25) is 0 Å². The SMILES string of the molecule is C=C(Br)C[C@]12CC=CC(=O)[C@H]1CCCC2=O. The number of allylic oxidation sites excluding steroid dienone is 3. The number of carbonyl (C=O) groups is 2. The van der Waals surface area contributed by atoms with E-state index < -0.39 is 5.41 Å². The van der Waals surface area contributed by atoms with E-state index in [9.17, 15) is 9.59 Å². The molecule has 0 aliphatic heterocycles. The van der Waals surface area contributed by atoms with Gasteiger partial charge in [-0.25, -0.2) is 0 Å². The first-order valence-corrected chi connectivity index (χ1v) is 6.42. The van der Waals surface area contributed by atoms with Crippen molar-refractivity contribution in [1.82, 2.24) is 0 Å². The predicted octanol–water partition coefficient (Wildman–Crippen LogP) is 3.17. The second-order valence-corrected chi connectivity index (χ2v) is 5.85. The minimum Gasteiger partial charge on any atom is -0.299 e. The summed E-state index contributed by atoms with van der Waals surface area (Å²) in [5.74, 6) is 0.239. The highest BCUT2D eigenvalue weighted by Gasteiger charge is 2.50. The molecule has 2 rings (SSSR count). The Morgan fingerprint density at radius 2 is 2.31 bits per heavy atom. The molecule has 86 valence electrons. The average molecular weight is 283 g/mol. The molecule has 0 amide bonds. The maximum absolute atomic E-state index is 12.2. The quantitative estimate of drug-likeness (QED) is 0.780. The van der Waals surface area contributed by atoms with Crippen LogP contribution in [0.25, 0.3) is 0 Å². The minimum atomic E-state index is -0.495. The van der Waals surface area contributed by atoms with Gasteiger partial charge in [-0.15, -0.1) is 0 Å². The molecule has 0 saturated heterocycles. The molecule has 1 saturated carbocycles. The summed E-state index contributed by atoms with van der Waals surface area (Å²) in [5.41, 5.74) is -0.495. The molecule has 0 aromatic carbocycles. The Kier molecular flexibility index (Phi) is 3.15. The van der Waals surface area contributed by atoms with E-state index in [4.69, 9.17) is 0 Å². The zero-order valence-corrected chi connectivity index (χ0v) is 10.8. The van der Waals surface area contributed by atoms with Crippen molar-refractivity contribution >= 4 is 27.5 Å². The maximum atomic E-state index is 12.2. The van der Waals surface area contributed by atoms with Gasteiger partial charge in [0.25, 0.3) is 0 Å². The summed E-state index contributed by atoms with van der Waals surface area (Å²) >= 11 is 3.33. The predicted molar refractivity (Wildman–Crippen MR) is 66.2 cm³/mol. The van der Waals surface area contributed by atoms with Crippen molar-refractivity contribution in [3.8, 4) is 0 Å². The molecule has 0 spiro atoms. The Hall–Kier alpha value is -0.700. The number of Topliss-reactive ketones (excluding diaryl/α,β-unsaturated/α-hetero) is 1. The smallest absolute Gasteiger partial charge is 0.159 e. The molecule has 0 aromatic rings. The van der Waals surface area contributed by atoms with E-state index in [0.29, 0.717) is 19.3 Å². The molecular formula is C13H15BrO2. The molecule has 16 heavy (non-hydrogen) atoms. The van der Waals surface area contributed by atoms with Gasteiger partial charge in [-0.3, -0.25) is 9.59 Å². The van der Waals surface area contributed by atoms with Crippen molar-refractivity contribution < 1.29 is 9.59 Å². The van der Waals surface area contributed by atoms with Crippen molar-refractivity contribution in [2.45, 2.75) is 32.1 Å². The number of halogens is 1. The Morgan fingerprint density at radius 1 is 1.56 bits per heavy atom. The normalized spacial score (nSPS) is 33.7. The van der Waals surface area contributed by atoms with Crippen LogP contribution in [0, 0.1) is 11.3 Å². The molecule has 0 N–H and O–H groups in total. The summed E-state index contributed by atoms with van der Waals surface area (Å²) in [6.07, 6.45) is 7.06. The van der Waals surface area contributed by atoms with Gasteiger partial charge < -0.3 is 0 Å². The average Bonchev–Trinajstić information content (AvgIpc) is 2.20. The van der Waals surface area contributed by atoms with Crippen molar-refractivity contribution in [3.63, 3.8) is 0 Å². The molecule has 0 unspecified atom stereocenters. The number of hydrogen-bond donors (Lipinski definition) is 0. The van der Waals surface area contributed by atoms with E-state index in [1.807, 2.05) is 6.08 Å². The summed E-state index contributed by atoms with van der Waals surface area (Å²) in [6, 6.07) is 0. The highest BCUT2D eigenvalue weighted by atomic mass is 79.9. The fraction of sp³-hybridized carbons (Fsp3) is 0.538. The Bertz CT molecular complexity index is 383. The van der Waals surface area contributed by atoms with Gasteiger partial charge in [0.2, 0.25) is 0 Å². The van der Waals surface area contributed by atoms with E-state index >= 15 is 0 Å². The van der Waals surface area contributed by atoms with Gasteiger partial charge in [-0.2, -0.15) is 0 Å². The Balaban J connectivity index is 2.39. The summed E-state index contributed by atoms with van der Waals surface area (Å²) in [7, 11) is 0. The molecule has 0 heterocycles. The third-order valence-corrected chi connectivity index (χ3v) is 4.01. The zero-order chi connectivity index (χ0) is 11.8. The fourth-order valence-electron chi connectivity index (χ4n) is 2.99. The van der Waals surface area contributed by atoms with E-state index in [1.165, 1.54) is 0 Å². The topological polar surface area (TPSA) is 34.1 Å². The van der Waals surface area contributed by atoms with Gasteiger partial charge in [0, 0.05) is 17.8 Å². The van der Waals surface area contributed by atoms with Crippen LogP contribution >= 0.6 is 15.9 Å². The van der Waals surface area contributed by atoms with Crippen LogP contribution in [0.5, 0.6) is 0 Å². The van der Waals surface area contributed by atoms with Crippen molar-refractivity contribution in [3.05, 3.63) is 23.2 Å². The third-order valence-electron chi connectivity index (χ3n) is 3.73. The lowest BCUT2D eigenvalue weighted by Gasteiger charge is -2.43. The molecule has 1 fully saturated rings. The van der Waals surface area contributed by atoms with Crippen LogP contribution in [-0.4, -0.2) is 11.6 Å². The molecule has 0 bridgehead atoms. The van der Waals surface area contributed by atoms with Gasteiger partial charge in [-0.05, 0) is 36.2 Å². The highest BCUT2D eigenvalue weighted by Crippen LogP contribution is 2.49. The first kappa shape index (κ1) is 11.8. The summed E-state index contributed by atoms with van der Waals surface area (Å²) in [5, 5.41) is 0. The lowest BCUT2D eigenvalue weighted by atomic mass is 9.58. The lowest BCUT2D eigenvalue weighted by molar-refractivity contribution is -0.142. The van der Waals surface area contributed by atoms with Gasteiger partial charge >= 0.3 is 0 Å². The van der Waals surface area contributed by atoms with Gasteiger partial charge in [0.05, 0.1) is 0 Å². The van der Waals surface area contributed by atoms with Crippen molar-refractivity contribution in [1.29, 1.82) is 0 Å². The lowest BCUT2D eigenvalue weighted by Crippen LogP contribution is -2.46. The van der Waals surface area contributed by atoms with Gasteiger partial charge in [0.15, 0.2) is 5.78 Å². The molecule has 2 aliphatic carbocycles. The molecule has 3 heteroatoms. The Morgan fingerprint density at radius 3 is 3.00 bits per heavy atom. The van der Waals surface area contributed by atoms with Crippen molar-refractivity contribution in [2.24, 2.45) is 11.3 Å². The second kappa shape index (κ2) is 4.28. The van der Waals surface area contributed by atoms with Crippen LogP contribution in [0.1, 0.15) is 32.1 Å².